The fourth-order valence-electron chi connectivity index (χ4n) is 1.83. The maximum atomic E-state index is 11.5. The molecule has 0 spiro atoms. The molecule has 0 aliphatic rings. The molecule has 0 fully saturated rings. The van der Waals surface area contributed by atoms with E-state index in [2.05, 4.69) is 15.2 Å². The molecule has 5 heteroatoms. The second-order valence-electron chi connectivity index (χ2n) is 3.79. The zero-order valence-electron chi connectivity index (χ0n) is 8.90. The van der Waals surface area contributed by atoms with Gasteiger partial charge in [0, 0.05) is 23.0 Å². The van der Waals surface area contributed by atoms with Crippen LogP contribution in [0.25, 0.3) is 22.2 Å². The molecule has 0 saturated heterocycles. The number of nitrogens with two attached hydrogens (primary N) is 1. The summed E-state index contributed by atoms with van der Waals surface area (Å²) in [4.78, 5) is 15.7. The molecule has 0 aliphatic heterocycles. The summed E-state index contributed by atoms with van der Waals surface area (Å²) in [7, 11) is 0. The minimum atomic E-state index is -0.177. The number of nitrogens with zero attached hydrogens (tertiary/aromatic N) is 1. The van der Waals surface area contributed by atoms with Gasteiger partial charge < -0.3 is 5.73 Å². The number of benzene rings is 1. The van der Waals surface area contributed by atoms with Gasteiger partial charge in [0.2, 0.25) is 0 Å². The lowest BCUT2D eigenvalue weighted by Crippen LogP contribution is -1.98. The molecule has 17 heavy (non-hydrogen) atoms. The van der Waals surface area contributed by atoms with E-state index in [9.17, 15) is 4.79 Å². The van der Waals surface area contributed by atoms with Crippen molar-refractivity contribution < 1.29 is 0 Å². The molecule has 84 valence electrons. The van der Waals surface area contributed by atoms with Gasteiger partial charge in [0.05, 0.1) is 5.39 Å². The van der Waals surface area contributed by atoms with Crippen molar-refractivity contribution in [2.75, 3.05) is 5.73 Å². The Morgan fingerprint density at radius 1 is 1.18 bits per heavy atom. The van der Waals surface area contributed by atoms with Gasteiger partial charge >= 0.3 is 0 Å². The maximum absolute atomic E-state index is 11.5. The average Bonchev–Trinajstić information content (AvgIpc) is 2.71. The van der Waals surface area contributed by atoms with Crippen LogP contribution in [0.15, 0.2) is 41.3 Å². The highest BCUT2D eigenvalue weighted by Crippen LogP contribution is 2.25. The third-order valence-corrected chi connectivity index (χ3v) is 2.70. The first-order valence-corrected chi connectivity index (χ1v) is 5.17. The SMILES string of the molecule is Nc1ccccc1-c1cnc2[nH][nH]c(=O)c2c1. The largest absolute Gasteiger partial charge is 0.398 e. The van der Waals surface area contributed by atoms with Crippen molar-refractivity contribution >= 4 is 16.7 Å². The van der Waals surface area contributed by atoms with Crippen LogP contribution < -0.4 is 11.3 Å². The van der Waals surface area contributed by atoms with Crippen LogP contribution in [0.1, 0.15) is 0 Å². The van der Waals surface area contributed by atoms with Crippen LogP contribution in [0.3, 0.4) is 0 Å². The Hall–Kier alpha value is -2.56. The van der Waals surface area contributed by atoms with Crippen LogP contribution in [0.4, 0.5) is 5.69 Å². The number of hydrogen-bond acceptors (Lipinski definition) is 3. The molecule has 2 heterocycles. The molecule has 0 atom stereocenters. The summed E-state index contributed by atoms with van der Waals surface area (Å²) >= 11 is 0. The predicted octanol–water partition coefficient (Wildman–Crippen LogP) is 1.50. The first kappa shape index (κ1) is 9.65. The third-order valence-electron chi connectivity index (χ3n) is 2.70. The van der Waals surface area contributed by atoms with Gasteiger partial charge in [0.15, 0.2) is 5.65 Å². The van der Waals surface area contributed by atoms with Crippen LogP contribution in [0.5, 0.6) is 0 Å². The van der Waals surface area contributed by atoms with Crippen molar-refractivity contribution in [3.63, 3.8) is 0 Å². The molecule has 3 aromatic rings. The van der Waals surface area contributed by atoms with Crippen LogP contribution >= 0.6 is 0 Å². The summed E-state index contributed by atoms with van der Waals surface area (Å²) in [6, 6.07) is 9.27. The van der Waals surface area contributed by atoms with Gasteiger partial charge in [-0.15, -0.1) is 0 Å². The van der Waals surface area contributed by atoms with E-state index in [1.165, 1.54) is 0 Å². The first-order chi connectivity index (χ1) is 8.25. The standard InChI is InChI=1S/C12H10N4O/c13-10-4-2-1-3-8(10)7-5-9-11(14-6-7)15-16-12(9)17/h1-6H,13H2,(H2,14,15,16,17). The summed E-state index contributed by atoms with van der Waals surface area (Å²) in [5, 5.41) is 5.73. The molecular formula is C12H10N4O. The van der Waals surface area contributed by atoms with E-state index in [0.29, 0.717) is 16.7 Å². The van der Waals surface area contributed by atoms with E-state index in [0.717, 1.165) is 11.1 Å². The van der Waals surface area contributed by atoms with Crippen LogP contribution in [0.2, 0.25) is 0 Å². The number of hydrogen-bond donors (Lipinski definition) is 3. The second kappa shape index (κ2) is 3.48. The number of nitrogens with one attached hydrogen (secondary N) is 2. The quantitative estimate of drug-likeness (QED) is 0.549. The molecular weight excluding hydrogens is 216 g/mol. The fraction of sp³-hybridized carbons (Fsp3) is 0. The maximum Gasteiger partial charge on any atom is 0.273 e. The molecule has 3 rings (SSSR count). The van der Waals surface area contributed by atoms with Gasteiger partial charge in [0.1, 0.15) is 0 Å². The number of aromatic amines is 2. The number of fused-ring (bicyclic) bond motifs is 1. The van der Waals surface area contributed by atoms with Crippen LogP contribution in [-0.2, 0) is 0 Å². The topological polar surface area (TPSA) is 87.6 Å². The Morgan fingerprint density at radius 3 is 2.82 bits per heavy atom. The molecule has 0 saturated carbocycles. The lowest BCUT2D eigenvalue weighted by molar-refractivity contribution is 1.06. The Balaban J connectivity index is 2.28. The summed E-state index contributed by atoms with van der Waals surface area (Å²) < 4.78 is 0. The Kier molecular flexibility index (Phi) is 1.98. The fourth-order valence-corrected chi connectivity index (χ4v) is 1.83. The molecule has 0 bridgehead atoms. The molecule has 0 unspecified atom stereocenters. The summed E-state index contributed by atoms with van der Waals surface area (Å²) in [6.45, 7) is 0. The van der Waals surface area contributed by atoms with Crippen LogP contribution in [0, 0.1) is 0 Å². The molecule has 2 aromatic heterocycles. The number of para-hydroxylation sites is 1. The van der Waals surface area contributed by atoms with Crippen molar-refractivity contribution in [2.24, 2.45) is 0 Å². The van der Waals surface area contributed by atoms with Crippen molar-refractivity contribution in [1.29, 1.82) is 0 Å². The van der Waals surface area contributed by atoms with Gasteiger partial charge in [-0.3, -0.25) is 15.0 Å². The van der Waals surface area contributed by atoms with Crippen molar-refractivity contribution in [2.45, 2.75) is 0 Å². The normalized spacial score (nSPS) is 10.8. The molecule has 0 radical (unpaired) electrons. The zero-order chi connectivity index (χ0) is 11.8. The van der Waals surface area contributed by atoms with Crippen molar-refractivity contribution in [3.8, 4) is 11.1 Å². The first-order valence-electron chi connectivity index (χ1n) is 5.17. The second-order valence-corrected chi connectivity index (χ2v) is 3.79. The number of H-pyrrole nitrogens is 2. The minimum absolute atomic E-state index is 0.177. The number of anilines is 1. The Morgan fingerprint density at radius 2 is 2.00 bits per heavy atom. The lowest BCUT2D eigenvalue weighted by atomic mass is 10.1. The van der Waals surface area contributed by atoms with Gasteiger partial charge in [-0.05, 0) is 12.1 Å². The van der Waals surface area contributed by atoms with E-state index in [4.69, 9.17) is 5.73 Å². The summed E-state index contributed by atoms with van der Waals surface area (Å²) in [6.07, 6.45) is 1.69. The highest BCUT2D eigenvalue weighted by Gasteiger charge is 2.06. The Labute approximate surface area is 96.3 Å². The van der Waals surface area contributed by atoms with Gasteiger partial charge in [-0.2, -0.15) is 0 Å². The number of nitrogen functional groups attached to an aromatic ring is 1. The van der Waals surface area contributed by atoms with E-state index in [-0.39, 0.29) is 5.56 Å². The average molecular weight is 226 g/mol. The van der Waals surface area contributed by atoms with Gasteiger partial charge in [0.25, 0.3) is 5.56 Å². The number of aromatic nitrogens is 3. The highest BCUT2D eigenvalue weighted by atomic mass is 16.1. The van der Waals surface area contributed by atoms with Gasteiger partial charge in [-0.1, -0.05) is 18.2 Å². The minimum Gasteiger partial charge on any atom is -0.398 e. The smallest absolute Gasteiger partial charge is 0.273 e. The van der Waals surface area contributed by atoms with E-state index < -0.39 is 0 Å². The van der Waals surface area contributed by atoms with Crippen molar-refractivity contribution in [1.82, 2.24) is 15.2 Å². The van der Waals surface area contributed by atoms with E-state index >= 15 is 0 Å². The Bertz CT molecular complexity index is 741. The molecule has 5 nitrogen and oxygen atoms in total. The number of pyridine rings is 1. The van der Waals surface area contributed by atoms with Crippen LogP contribution in [-0.4, -0.2) is 15.2 Å². The van der Waals surface area contributed by atoms with E-state index in [1.807, 2.05) is 24.3 Å². The van der Waals surface area contributed by atoms with E-state index in [1.54, 1.807) is 12.3 Å². The molecule has 0 aliphatic carbocycles. The van der Waals surface area contributed by atoms with Gasteiger partial charge in [-0.25, -0.2) is 4.98 Å². The molecule has 0 amide bonds. The molecule has 1 aromatic carbocycles. The lowest BCUT2D eigenvalue weighted by Gasteiger charge is -2.04. The number of rotatable bonds is 1. The highest BCUT2D eigenvalue weighted by molar-refractivity contribution is 5.83. The zero-order valence-corrected chi connectivity index (χ0v) is 8.90. The summed E-state index contributed by atoms with van der Waals surface area (Å²) in [5.74, 6) is 0. The third kappa shape index (κ3) is 1.48. The predicted molar refractivity (Wildman–Crippen MR) is 66.6 cm³/mol. The van der Waals surface area contributed by atoms with Crippen molar-refractivity contribution in [3.05, 3.63) is 46.9 Å². The summed E-state index contributed by atoms with van der Waals surface area (Å²) in [5.41, 5.74) is 8.64. The monoisotopic (exact) mass is 226 g/mol. The molecule has 4 N–H and O–H groups in total.